The molecule has 0 bridgehead atoms. The SMILES string of the molecule is Cc1ccc(NC(=O)CN(CCc2cccc(Cl)c2)S(C)(=O)=O)cc1. The van der Waals surface area contributed by atoms with Crippen molar-refractivity contribution in [3.63, 3.8) is 0 Å². The highest BCUT2D eigenvalue weighted by Crippen LogP contribution is 2.13. The number of carbonyl (C=O) groups is 1. The number of hydrogen-bond donors (Lipinski definition) is 1. The first-order chi connectivity index (χ1) is 11.7. The van der Waals surface area contributed by atoms with Crippen LogP contribution in [0, 0.1) is 6.92 Å². The summed E-state index contributed by atoms with van der Waals surface area (Å²) in [6, 6.07) is 14.5. The summed E-state index contributed by atoms with van der Waals surface area (Å²) in [4.78, 5) is 12.2. The molecule has 1 amide bonds. The largest absolute Gasteiger partial charge is 0.325 e. The van der Waals surface area contributed by atoms with Gasteiger partial charge in [-0.3, -0.25) is 4.79 Å². The Morgan fingerprint density at radius 2 is 1.84 bits per heavy atom. The molecule has 0 unspecified atom stereocenters. The summed E-state index contributed by atoms with van der Waals surface area (Å²) >= 11 is 5.94. The van der Waals surface area contributed by atoms with E-state index in [-0.39, 0.29) is 19.0 Å². The molecular weight excluding hydrogens is 360 g/mol. The van der Waals surface area contributed by atoms with E-state index < -0.39 is 10.0 Å². The van der Waals surface area contributed by atoms with Crippen LogP contribution in [0.1, 0.15) is 11.1 Å². The number of sulfonamides is 1. The lowest BCUT2D eigenvalue weighted by Crippen LogP contribution is -2.38. The lowest BCUT2D eigenvalue weighted by molar-refractivity contribution is -0.116. The van der Waals surface area contributed by atoms with Gasteiger partial charge in [0.1, 0.15) is 0 Å². The van der Waals surface area contributed by atoms with Gasteiger partial charge in [-0.05, 0) is 43.2 Å². The minimum atomic E-state index is -3.50. The minimum absolute atomic E-state index is 0.209. The fourth-order valence-electron chi connectivity index (χ4n) is 2.31. The molecule has 2 aromatic carbocycles. The third-order valence-electron chi connectivity index (χ3n) is 3.66. The van der Waals surface area contributed by atoms with Crippen molar-refractivity contribution in [2.45, 2.75) is 13.3 Å². The number of aryl methyl sites for hydroxylation is 1. The lowest BCUT2D eigenvalue weighted by atomic mass is 10.1. The van der Waals surface area contributed by atoms with Gasteiger partial charge in [0.2, 0.25) is 15.9 Å². The maximum atomic E-state index is 12.2. The summed E-state index contributed by atoms with van der Waals surface area (Å²) in [6.07, 6.45) is 1.58. The van der Waals surface area contributed by atoms with Crippen molar-refractivity contribution in [2.24, 2.45) is 0 Å². The van der Waals surface area contributed by atoms with Gasteiger partial charge in [0.25, 0.3) is 0 Å². The zero-order valence-electron chi connectivity index (χ0n) is 14.2. The van der Waals surface area contributed by atoms with E-state index in [1.807, 2.05) is 31.2 Å². The average molecular weight is 381 g/mol. The Morgan fingerprint density at radius 3 is 2.44 bits per heavy atom. The van der Waals surface area contributed by atoms with Gasteiger partial charge >= 0.3 is 0 Å². The summed E-state index contributed by atoms with van der Waals surface area (Å²) in [5.74, 6) is -0.375. The molecular formula is C18H21ClN2O3S. The molecule has 0 spiro atoms. The van der Waals surface area contributed by atoms with E-state index in [2.05, 4.69) is 5.32 Å². The van der Waals surface area contributed by atoms with Gasteiger partial charge in [-0.15, -0.1) is 0 Å². The highest BCUT2D eigenvalue weighted by molar-refractivity contribution is 7.88. The van der Waals surface area contributed by atoms with Crippen LogP contribution in [0.15, 0.2) is 48.5 Å². The molecule has 0 heterocycles. The number of benzene rings is 2. The van der Waals surface area contributed by atoms with Crippen LogP contribution >= 0.6 is 11.6 Å². The van der Waals surface area contributed by atoms with Gasteiger partial charge < -0.3 is 5.32 Å². The first-order valence-electron chi connectivity index (χ1n) is 7.80. The molecule has 7 heteroatoms. The van der Waals surface area contributed by atoms with Gasteiger partial charge in [-0.1, -0.05) is 41.4 Å². The quantitative estimate of drug-likeness (QED) is 0.802. The van der Waals surface area contributed by atoms with Crippen molar-refractivity contribution in [2.75, 3.05) is 24.7 Å². The maximum absolute atomic E-state index is 12.2. The van der Waals surface area contributed by atoms with Crippen molar-refractivity contribution in [1.82, 2.24) is 4.31 Å². The lowest BCUT2D eigenvalue weighted by Gasteiger charge is -2.19. The number of carbonyl (C=O) groups excluding carboxylic acids is 1. The molecule has 5 nitrogen and oxygen atoms in total. The molecule has 1 N–H and O–H groups in total. The second-order valence-electron chi connectivity index (χ2n) is 5.89. The molecule has 2 rings (SSSR count). The molecule has 0 aliphatic heterocycles. The van der Waals surface area contributed by atoms with Crippen LogP contribution in [0.3, 0.4) is 0 Å². The number of hydrogen-bond acceptors (Lipinski definition) is 3. The Hall–Kier alpha value is -1.89. The smallest absolute Gasteiger partial charge is 0.239 e. The summed E-state index contributed by atoms with van der Waals surface area (Å²) in [6.45, 7) is 1.93. The molecule has 0 saturated carbocycles. The molecule has 0 saturated heterocycles. The Kier molecular flexibility index (Phi) is 6.58. The topological polar surface area (TPSA) is 66.5 Å². The van der Waals surface area contributed by atoms with E-state index in [4.69, 9.17) is 11.6 Å². The third-order valence-corrected chi connectivity index (χ3v) is 5.15. The monoisotopic (exact) mass is 380 g/mol. The molecule has 134 valence electrons. The van der Waals surface area contributed by atoms with E-state index in [9.17, 15) is 13.2 Å². The molecule has 0 fully saturated rings. The van der Waals surface area contributed by atoms with E-state index in [0.717, 1.165) is 21.7 Å². The van der Waals surface area contributed by atoms with Gasteiger partial charge in [-0.25, -0.2) is 8.42 Å². The van der Waals surface area contributed by atoms with Crippen LogP contribution in [0.2, 0.25) is 5.02 Å². The highest BCUT2D eigenvalue weighted by Gasteiger charge is 2.20. The Morgan fingerprint density at radius 1 is 1.16 bits per heavy atom. The maximum Gasteiger partial charge on any atom is 0.239 e. The molecule has 2 aromatic rings. The number of amides is 1. The van der Waals surface area contributed by atoms with E-state index >= 15 is 0 Å². The second-order valence-corrected chi connectivity index (χ2v) is 8.31. The molecule has 0 radical (unpaired) electrons. The summed E-state index contributed by atoms with van der Waals surface area (Å²) < 4.78 is 25.1. The van der Waals surface area contributed by atoms with Crippen LogP contribution in [0.25, 0.3) is 0 Å². The van der Waals surface area contributed by atoms with Gasteiger partial charge in [0, 0.05) is 17.3 Å². The number of nitrogens with one attached hydrogen (secondary N) is 1. The predicted molar refractivity (Wildman–Crippen MR) is 101 cm³/mol. The van der Waals surface area contributed by atoms with E-state index in [0.29, 0.717) is 17.1 Å². The standard InChI is InChI=1S/C18H21ClN2O3S/c1-14-6-8-17(9-7-14)20-18(22)13-21(25(2,23)24)11-10-15-4-3-5-16(19)12-15/h3-9,12H,10-11,13H2,1-2H3,(H,20,22). The summed E-state index contributed by atoms with van der Waals surface area (Å²) in [7, 11) is -3.50. The zero-order chi connectivity index (χ0) is 18.4. The van der Waals surface area contributed by atoms with Crippen molar-refractivity contribution in [1.29, 1.82) is 0 Å². The Balaban J connectivity index is 2.00. The summed E-state index contributed by atoms with van der Waals surface area (Å²) in [5.41, 5.74) is 2.64. The van der Waals surface area contributed by atoms with Crippen molar-refractivity contribution in [3.8, 4) is 0 Å². The first-order valence-corrected chi connectivity index (χ1v) is 10.0. The van der Waals surface area contributed by atoms with Gasteiger partial charge in [0.05, 0.1) is 12.8 Å². The predicted octanol–water partition coefficient (Wildman–Crippen LogP) is 3.09. The van der Waals surface area contributed by atoms with Crippen LogP contribution in [-0.4, -0.2) is 38.0 Å². The average Bonchev–Trinajstić information content (AvgIpc) is 2.52. The Bertz CT molecular complexity index is 836. The summed E-state index contributed by atoms with van der Waals surface area (Å²) in [5, 5.41) is 3.31. The van der Waals surface area contributed by atoms with Crippen LogP contribution in [0.5, 0.6) is 0 Å². The first kappa shape index (κ1) is 19.4. The normalized spacial score (nSPS) is 11.5. The van der Waals surface area contributed by atoms with E-state index in [1.54, 1.807) is 24.3 Å². The van der Waals surface area contributed by atoms with Crippen LogP contribution in [0.4, 0.5) is 5.69 Å². The fourth-order valence-corrected chi connectivity index (χ4v) is 3.29. The third kappa shape index (κ3) is 6.49. The molecule has 0 aliphatic carbocycles. The fraction of sp³-hybridized carbons (Fsp3) is 0.278. The van der Waals surface area contributed by atoms with Crippen molar-refractivity contribution >= 4 is 33.2 Å². The highest BCUT2D eigenvalue weighted by atomic mass is 35.5. The molecule has 0 aromatic heterocycles. The molecule has 25 heavy (non-hydrogen) atoms. The number of nitrogens with zero attached hydrogens (tertiary/aromatic N) is 1. The second kappa shape index (κ2) is 8.47. The van der Waals surface area contributed by atoms with Crippen LogP contribution in [-0.2, 0) is 21.2 Å². The number of rotatable bonds is 7. The van der Waals surface area contributed by atoms with Gasteiger partial charge in [-0.2, -0.15) is 4.31 Å². The molecule has 0 aliphatic rings. The van der Waals surface area contributed by atoms with Gasteiger partial charge in [0.15, 0.2) is 0 Å². The minimum Gasteiger partial charge on any atom is -0.325 e. The van der Waals surface area contributed by atoms with Crippen molar-refractivity contribution < 1.29 is 13.2 Å². The number of halogens is 1. The van der Waals surface area contributed by atoms with Crippen LogP contribution < -0.4 is 5.32 Å². The van der Waals surface area contributed by atoms with E-state index in [1.165, 1.54) is 0 Å². The van der Waals surface area contributed by atoms with Crippen molar-refractivity contribution in [3.05, 3.63) is 64.7 Å². The zero-order valence-corrected chi connectivity index (χ0v) is 15.8. The molecule has 0 atom stereocenters. The Labute approximate surface area is 153 Å². The number of anilines is 1.